The van der Waals surface area contributed by atoms with Crippen molar-refractivity contribution in [3.8, 4) is 0 Å². The van der Waals surface area contributed by atoms with Crippen LogP contribution in [0.25, 0.3) is 0 Å². The Hall–Kier alpha value is -1.88. The molecule has 5 heteroatoms. The standard InChI is InChI=1S/C14H12BrFN2O/c15-11-7-4-8-12(16)14(11)17-9-13(19)18-10-5-2-1-3-6-10/h1-8,17H,9H2,(H,18,19). The van der Waals surface area contributed by atoms with E-state index in [1.807, 2.05) is 18.2 Å². The lowest BCUT2D eigenvalue weighted by Crippen LogP contribution is -2.22. The summed E-state index contributed by atoms with van der Waals surface area (Å²) in [5, 5.41) is 5.48. The van der Waals surface area contributed by atoms with Crippen LogP contribution in [0, 0.1) is 5.82 Å². The number of rotatable bonds is 4. The van der Waals surface area contributed by atoms with Gasteiger partial charge in [0, 0.05) is 10.2 Å². The van der Waals surface area contributed by atoms with E-state index in [9.17, 15) is 9.18 Å². The van der Waals surface area contributed by atoms with E-state index < -0.39 is 5.82 Å². The van der Waals surface area contributed by atoms with Gasteiger partial charge in [0.05, 0.1) is 12.2 Å². The topological polar surface area (TPSA) is 41.1 Å². The number of amides is 1. The molecular formula is C14H12BrFN2O. The highest BCUT2D eigenvalue weighted by atomic mass is 79.9. The molecule has 0 spiro atoms. The van der Waals surface area contributed by atoms with Crippen molar-refractivity contribution < 1.29 is 9.18 Å². The first-order chi connectivity index (χ1) is 9.16. The number of hydrogen-bond acceptors (Lipinski definition) is 2. The van der Waals surface area contributed by atoms with Gasteiger partial charge in [0.15, 0.2) is 0 Å². The van der Waals surface area contributed by atoms with Crippen LogP contribution in [0.4, 0.5) is 15.8 Å². The minimum absolute atomic E-state index is 0.00553. The Balaban J connectivity index is 1.94. The van der Waals surface area contributed by atoms with Crippen LogP contribution in [0.5, 0.6) is 0 Å². The smallest absolute Gasteiger partial charge is 0.243 e. The van der Waals surface area contributed by atoms with Crippen molar-refractivity contribution in [3.05, 3.63) is 58.8 Å². The second-order valence-corrected chi connectivity index (χ2v) is 4.72. The molecule has 0 aliphatic carbocycles. The summed E-state index contributed by atoms with van der Waals surface area (Å²) in [4.78, 5) is 11.7. The molecule has 2 aromatic carbocycles. The summed E-state index contributed by atoms with van der Waals surface area (Å²) in [7, 11) is 0. The van der Waals surface area contributed by atoms with E-state index in [0.717, 1.165) is 0 Å². The number of hydrogen-bond donors (Lipinski definition) is 2. The van der Waals surface area contributed by atoms with Crippen LogP contribution in [-0.4, -0.2) is 12.5 Å². The summed E-state index contributed by atoms with van der Waals surface area (Å²) in [5.41, 5.74) is 0.993. The second-order valence-electron chi connectivity index (χ2n) is 3.86. The molecule has 2 aromatic rings. The highest BCUT2D eigenvalue weighted by Crippen LogP contribution is 2.24. The summed E-state index contributed by atoms with van der Waals surface area (Å²) in [6.45, 7) is -0.00553. The van der Waals surface area contributed by atoms with Gasteiger partial charge in [-0.3, -0.25) is 4.79 Å². The Labute approximate surface area is 119 Å². The van der Waals surface area contributed by atoms with Gasteiger partial charge < -0.3 is 10.6 Å². The van der Waals surface area contributed by atoms with E-state index in [2.05, 4.69) is 26.6 Å². The fourth-order valence-electron chi connectivity index (χ4n) is 1.56. The van der Waals surface area contributed by atoms with Crippen molar-refractivity contribution in [1.29, 1.82) is 0 Å². The van der Waals surface area contributed by atoms with Crippen LogP contribution >= 0.6 is 15.9 Å². The van der Waals surface area contributed by atoms with Crippen LogP contribution in [-0.2, 0) is 4.79 Å². The molecule has 1 amide bonds. The van der Waals surface area contributed by atoms with E-state index >= 15 is 0 Å². The molecule has 3 nitrogen and oxygen atoms in total. The largest absolute Gasteiger partial charge is 0.373 e. The number of para-hydroxylation sites is 2. The predicted octanol–water partition coefficient (Wildman–Crippen LogP) is 3.64. The van der Waals surface area contributed by atoms with E-state index in [1.54, 1.807) is 24.3 Å². The molecule has 0 unspecified atom stereocenters. The Bertz CT molecular complexity index is 555. The van der Waals surface area contributed by atoms with Gasteiger partial charge in [-0.1, -0.05) is 24.3 Å². The maximum absolute atomic E-state index is 13.5. The number of halogens is 2. The molecule has 0 aliphatic heterocycles. The van der Waals surface area contributed by atoms with Crippen molar-refractivity contribution >= 4 is 33.2 Å². The summed E-state index contributed by atoms with van der Waals surface area (Å²) in [5.74, 6) is -0.636. The highest BCUT2D eigenvalue weighted by Gasteiger charge is 2.08. The number of carbonyl (C=O) groups is 1. The molecule has 0 saturated heterocycles. The third kappa shape index (κ3) is 3.79. The molecule has 98 valence electrons. The molecule has 0 heterocycles. The lowest BCUT2D eigenvalue weighted by atomic mass is 10.3. The molecule has 0 radical (unpaired) electrons. The first-order valence-electron chi connectivity index (χ1n) is 5.69. The zero-order chi connectivity index (χ0) is 13.7. The van der Waals surface area contributed by atoms with Crippen LogP contribution < -0.4 is 10.6 Å². The third-order valence-electron chi connectivity index (χ3n) is 2.45. The van der Waals surface area contributed by atoms with E-state index in [4.69, 9.17) is 0 Å². The lowest BCUT2D eigenvalue weighted by molar-refractivity contribution is -0.114. The molecule has 0 atom stereocenters. The molecule has 2 N–H and O–H groups in total. The number of anilines is 2. The minimum Gasteiger partial charge on any atom is -0.373 e. The van der Waals surface area contributed by atoms with Gasteiger partial charge in [-0.05, 0) is 40.2 Å². The summed E-state index contributed by atoms with van der Waals surface area (Å²) in [6, 6.07) is 13.7. The van der Waals surface area contributed by atoms with Crippen LogP contribution in [0.1, 0.15) is 0 Å². The van der Waals surface area contributed by atoms with Gasteiger partial charge in [-0.25, -0.2) is 4.39 Å². The molecule has 2 rings (SSSR count). The second kappa shape index (κ2) is 6.33. The Kier molecular flexibility index (Phi) is 4.52. The molecule has 19 heavy (non-hydrogen) atoms. The molecular weight excluding hydrogens is 311 g/mol. The van der Waals surface area contributed by atoms with Crippen molar-refractivity contribution in [1.82, 2.24) is 0 Å². The Morgan fingerprint density at radius 3 is 2.53 bits per heavy atom. The SMILES string of the molecule is O=C(CNc1c(F)cccc1Br)Nc1ccccc1. The Morgan fingerprint density at radius 1 is 1.11 bits per heavy atom. The van der Waals surface area contributed by atoms with Crippen molar-refractivity contribution in [2.75, 3.05) is 17.2 Å². The summed E-state index contributed by atoms with van der Waals surface area (Å²) < 4.78 is 14.1. The van der Waals surface area contributed by atoms with Crippen LogP contribution in [0.3, 0.4) is 0 Å². The fraction of sp³-hybridized carbons (Fsp3) is 0.0714. The van der Waals surface area contributed by atoms with Gasteiger partial charge in [0.1, 0.15) is 5.82 Å². The monoisotopic (exact) mass is 322 g/mol. The van der Waals surface area contributed by atoms with Crippen LogP contribution in [0.2, 0.25) is 0 Å². The zero-order valence-electron chi connectivity index (χ0n) is 9.99. The first-order valence-corrected chi connectivity index (χ1v) is 6.49. The quantitative estimate of drug-likeness (QED) is 0.902. The summed E-state index contributed by atoms with van der Waals surface area (Å²) >= 11 is 3.23. The normalized spacial score (nSPS) is 10.0. The molecule has 0 fully saturated rings. The number of carbonyl (C=O) groups excluding carboxylic acids is 1. The lowest BCUT2D eigenvalue weighted by Gasteiger charge is -2.10. The van der Waals surface area contributed by atoms with Gasteiger partial charge in [0.25, 0.3) is 0 Å². The maximum Gasteiger partial charge on any atom is 0.243 e. The fourth-order valence-corrected chi connectivity index (χ4v) is 2.04. The zero-order valence-corrected chi connectivity index (χ0v) is 11.6. The van der Waals surface area contributed by atoms with E-state index in [1.165, 1.54) is 6.07 Å². The van der Waals surface area contributed by atoms with Crippen molar-refractivity contribution in [2.45, 2.75) is 0 Å². The molecule has 0 bridgehead atoms. The van der Waals surface area contributed by atoms with E-state index in [-0.39, 0.29) is 18.1 Å². The highest BCUT2D eigenvalue weighted by molar-refractivity contribution is 9.10. The average Bonchev–Trinajstić information content (AvgIpc) is 2.39. The maximum atomic E-state index is 13.5. The molecule has 0 saturated carbocycles. The molecule has 0 aliphatic rings. The average molecular weight is 323 g/mol. The van der Waals surface area contributed by atoms with Crippen molar-refractivity contribution in [3.63, 3.8) is 0 Å². The Morgan fingerprint density at radius 2 is 1.84 bits per heavy atom. The summed E-state index contributed by atoms with van der Waals surface area (Å²) in [6.07, 6.45) is 0. The van der Waals surface area contributed by atoms with Gasteiger partial charge in [-0.15, -0.1) is 0 Å². The van der Waals surface area contributed by atoms with Gasteiger partial charge in [0.2, 0.25) is 5.91 Å². The third-order valence-corrected chi connectivity index (χ3v) is 3.11. The van der Waals surface area contributed by atoms with Gasteiger partial charge >= 0.3 is 0 Å². The van der Waals surface area contributed by atoms with Gasteiger partial charge in [-0.2, -0.15) is 0 Å². The first kappa shape index (κ1) is 13.5. The van der Waals surface area contributed by atoms with E-state index in [0.29, 0.717) is 10.2 Å². The van der Waals surface area contributed by atoms with Crippen LogP contribution in [0.15, 0.2) is 53.0 Å². The minimum atomic E-state index is -0.401. The predicted molar refractivity (Wildman–Crippen MR) is 77.7 cm³/mol. The van der Waals surface area contributed by atoms with Crippen molar-refractivity contribution in [2.24, 2.45) is 0 Å². The number of nitrogens with one attached hydrogen (secondary N) is 2. The molecule has 0 aromatic heterocycles. The number of benzene rings is 2.